The molecule has 15 heavy (non-hydrogen) atoms. The zero-order valence-corrected chi connectivity index (χ0v) is 9.13. The highest BCUT2D eigenvalue weighted by Gasteiger charge is 2.18. The van der Waals surface area contributed by atoms with Crippen LogP contribution in [0.3, 0.4) is 0 Å². The van der Waals surface area contributed by atoms with E-state index in [0.717, 1.165) is 12.1 Å². The number of aromatic nitrogens is 1. The lowest BCUT2D eigenvalue weighted by Crippen LogP contribution is -2.12. The Hall–Kier alpha value is -1.06. The molecular formula is C12H12N2S. The summed E-state index contributed by atoms with van der Waals surface area (Å²) >= 11 is 1.97. The van der Waals surface area contributed by atoms with E-state index in [9.17, 15) is 0 Å². The Morgan fingerprint density at radius 2 is 2.20 bits per heavy atom. The maximum Gasteiger partial charge on any atom is 0.0797 e. The van der Waals surface area contributed by atoms with Crippen molar-refractivity contribution in [1.29, 1.82) is 0 Å². The first-order chi connectivity index (χ1) is 7.45. The van der Waals surface area contributed by atoms with Gasteiger partial charge in [0.1, 0.15) is 0 Å². The molecular weight excluding hydrogens is 204 g/mol. The molecule has 2 aromatic rings. The predicted octanol–water partition coefficient (Wildman–Crippen LogP) is 2.57. The molecule has 3 heteroatoms. The number of rotatable bonds is 1. The van der Waals surface area contributed by atoms with Crippen LogP contribution in [-0.2, 0) is 0 Å². The molecule has 0 spiro atoms. The van der Waals surface area contributed by atoms with Gasteiger partial charge in [-0.15, -0.1) is 11.8 Å². The van der Waals surface area contributed by atoms with Gasteiger partial charge < -0.3 is 5.32 Å². The maximum atomic E-state index is 4.38. The number of para-hydroxylation sites is 1. The summed E-state index contributed by atoms with van der Waals surface area (Å²) in [6.45, 7) is 1.10. The molecule has 0 radical (unpaired) electrons. The molecule has 3 rings (SSSR count). The van der Waals surface area contributed by atoms with Crippen molar-refractivity contribution in [2.24, 2.45) is 0 Å². The summed E-state index contributed by atoms with van der Waals surface area (Å²) in [4.78, 5) is 4.38. The van der Waals surface area contributed by atoms with Crippen LogP contribution in [0.4, 0.5) is 0 Å². The second-order valence-electron chi connectivity index (χ2n) is 3.62. The fourth-order valence-corrected chi connectivity index (χ4v) is 3.06. The van der Waals surface area contributed by atoms with Crippen LogP contribution in [0.15, 0.2) is 36.5 Å². The second kappa shape index (κ2) is 3.83. The lowest BCUT2D eigenvalue weighted by Gasteiger charge is -2.12. The molecule has 0 amide bonds. The van der Waals surface area contributed by atoms with Crippen molar-refractivity contribution in [1.82, 2.24) is 10.3 Å². The van der Waals surface area contributed by atoms with Crippen molar-refractivity contribution in [2.75, 3.05) is 12.3 Å². The van der Waals surface area contributed by atoms with Crippen LogP contribution in [0.25, 0.3) is 10.9 Å². The Bertz CT molecular complexity index is 473. The van der Waals surface area contributed by atoms with Crippen molar-refractivity contribution in [3.63, 3.8) is 0 Å². The van der Waals surface area contributed by atoms with Gasteiger partial charge in [-0.2, -0.15) is 0 Å². The predicted molar refractivity (Wildman–Crippen MR) is 64.9 cm³/mol. The van der Waals surface area contributed by atoms with Crippen molar-refractivity contribution < 1.29 is 0 Å². The smallest absolute Gasteiger partial charge is 0.0797 e. The zero-order chi connectivity index (χ0) is 10.1. The molecule has 1 saturated heterocycles. The lowest BCUT2D eigenvalue weighted by molar-refractivity contribution is 0.754. The van der Waals surface area contributed by atoms with Crippen molar-refractivity contribution >= 4 is 22.7 Å². The standard InChI is InChI=1S/C12H12N2S/c1-2-4-11-9(3-1)10(5-6-13-11)12-14-7-8-15-12/h1-6,12,14H,7-8H2/t12-/m1/s1. The first kappa shape index (κ1) is 9.19. The molecule has 1 aromatic carbocycles. The Labute approximate surface area is 93.1 Å². The number of nitrogens with one attached hydrogen (secondary N) is 1. The molecule has 2 heterocycles. The van der Waals surface area contributed by atoms with Gasteiger partial charge in [0, 0.05) is 23.9 Å². The van der Waals surface area contributed by atoms with Crippen LogP contribution in [-0.4, -0.2) is 17.3 Å². The fourth-order valence-electron chi connectivity index (χ4n) is 1.97. The molecule has 0 bridgehead atoms. The van der Waals surface area contributed by atoms with Gasteiger partial charge in [-0.25, -0.2) is 0 Å². The molecule has 1 N–H and O–H groups in total. The quantitative estimate of drug-likeness (QED) is 0.793. The van der Waals surface area contributed by atoms with Crippen LogP contribution in [0.5, 0.6) is 0 Å². The Morgan fingerprint density at radius 1 is 1.27 bits per heavy atom. The summed E-state index contributed by atoms with van der Waals surface area (Å²) in [6.07, 6.45) is 1.90. The van der Waals surface area contributed by atoms with Crippen LogP contribution >= 0.6 is 11.8 Å². The Morgan fingerprint density at radius 3 is 3.07 bits per heavy atom. The SMILES string of the molecule is c1ccc2c([C@@H]3NCCS3)ccnc2c1. The summed E-state index contributed by atoms with van der Waals surface area (Å²) in [7, 11) is 0. The van der Waals surface area contributed by atoms with Gasteiger partial charge >= 0.3 is 0 Å². The zero-order valence-electron chi connectivity index (χ0n) is 8.31. The fraction of sp³-hybridized carbons (Fsp3) is 0.250. The number of benzene rings is 1. The Balaban J connectivity index is 2.16. The molecule has 0 aliphatic carbocycles. The largest absolute Gasteiger partial charge is 0.301 e. The van der Waals surface area contributed by atoms with Gasteiger partial charge in [0.15, 0.2) is 0 Å². The third-order valence-corrected chi connectivity index (χ3v) is 3.88. The summed E-state index contributed by atoms with van der Waals surface area (Å²) in [5.41, 5.74) is 2.45. The van der Waals surface area contributed by atoms with E-state index in [0.29, 0.717) is 5.37 Å². The maximum absolute atomic E-state index is 4.38. The van der Waals surface area contributed by atoms with Gasteiger partial charge in [0.25, 0.3) is 0 Å². The number of pyridine rings is 1. The van der Waals surface area contributed by atoms with E-state index in [-0.39, 0.29) is 0 Å². The molecule has 1 aromatic heterocycles. The third kappa shape index (κ3) is 1.62. The van der Waals surface area contributed by atoms with Gasteiger partial charge in [0.05, 0.1) is 10.9 Å². The normalized spacial score (nSPS) is 20.9. The molecule has 1 aliphatic heterocycles. The van der Waals surface area contributed by atoms with E-state index in [1.54, 1.807) is 0 Å². The second-order valence-corrected chi connectivity index (χ2v) is 4.84. The van der Waals surface area contributed by atoms with Crippen LogP contribution in [0, 0.1) is 0 Å². The highest BCUT2D eigenvalue weighted by Crippen LogP contribution is 2.33. The number of thioether (sulfide) groups is 1. The first-order valence-corrected chi connectivity index (χ1v) is 6.19. The average molecular weight is 216 g/mol. The van der Waals surface area contributed by atoms with E-state index < -0.39 is 0 Å². The summed E-state index contributed by atoms with van der Waals surface area (Å²) in [5.74, 6) is 1.20. The molecule has 2 nitrogen and oxygen atoms in total. The average Bonchev–Trinajstić information content (AvgIpc) is 2.82. The monoisotopic (exact) mass is 216 g/mol. The number of fused-ring (bicyclic) bond motifs is 1. The van der Waals surface area contributed by atoms with Gasteiger partial charge in [-0.3, -0.25) is 4.98 Å². The topological polar surface area (TPSA) is 24.9 Å². The molecule has 1 atom stereocenters. The van der Waals surface area contributed by atoms with Crippen LogP contribution in [0.1, 0.15) is 10.9 Å². The first-order valence-electron chi connectivity index (χ1n) is 5.14. The van der Waals surface area contributed by atoms with E-state index in [4.69, 9.17) is 0 Å². The van der Waals surface area contributed by atoms with E-state index in [1.807, 2.05) is 24.0 Å². The molecule has 0 saturated carbocycles. The minimum atomic E-state index is 0.442. The van der Waals surface area contributed by atoms with Crippen molar-refractivity contribution in [3.05, 3.63) is 42.1 Å². The van der Waals surface area contributed by atoms with E-state index in [2.05, 4.69) is 34.6 Å². The van der Waals surface area contributed by atoms with Crippen molar-refractivity contribution in [2.45, 2.75) is 5.37 Å². The minimum absolute atomic E-state index is 0.442. The summed E-state index contributed by atoms with van der Waals surface area (Å²) in [5, 5.41) is 5.21. The molecule has 1 fully saturated rings. The third-order valence-electron chi connectivity index (χ3n) is 2.68. The number of hydrogen-bond donors (Lipinski definition) is 1. The highest BCUT2D eigenvalue weighted by molar-refractivity contribution is 7.99. The van der Waals surface area contributed by atoms with Crippen LogP contribution in [0.2, 0.25) is 0 Å². The van der Waals surface area contributed by atoms with Gasteiger partial charge in [-0.1, -0.05) is 18.2 Å². The van der Waals surface area contributed by atoms with Crippen molar-refractivity contribution in [3.8, 4) is 0 Å². The molecule has 76 valence electrons. The van der Waals surface area contributed by atoms with Crippen LogP contribution < -0.4 is 5.32 Å². The van der Waals surface area contributed by atoms with Gasteiger partial charge in [-0.05, 0) is 17.7 Å². The number of hydrogen-bond acceptors (Lipinski definition) is 3. The Kier molecular flexibility index (Phi) is 2.35. The summed E-state index contributed by atoms with van der Waals surface area (Å²) < 4.78 is 0. The number of nitrogens with zero attached hydrogens (tertiary/aromatic N) is 1. The van der Waals surface area contributed by atoms with Gasteiger partial charge in [0.2, 0.25) is 0 Å². The van der Waals surface area contributed by atoms with E-state index >= 15 is 0 Å². The highest BCUT2D eigenvalue weighted by atomic mass is 32.2. The summed E-state index contributed by atoms with van der Waals surface area (Å²) in [6, 6.07) is 10.5. The molecule has 1 aliphatic rings. The van der Waals surface area contributed by atoms with E-state index in [1.165, 1.54) is 16.7 Å². The lowest BCUT2D eigenvalue weighted by atomic mass is 10.1. The molecule has 0 unspecified atom stereocenters. The minimum Gasteiger partial charge on any atom is -0.301 e.